The first-order valence-corrected chi connectivity index (χ1v) is 7.44. The lowest BCUT2D eigenvalue weighted by molar-refractivity contribution is -0.134. The van der Waals surface area contributed by atoms with Crippen molar-refractivity contribution >= 4 is 23.2 Å². The summed E-state index contributed by atoms with van der Waals surface area (Å²) in [5.74, 6) is -0.543. The number of carbonyl (C=O) groups is 3. The molecule has 0 atom stereocenters. The number of Topliss-reactive ketones (excluding diaryl/α,β-unsaturated/α-hetero) is 1. The number of carbonyl (C=O) groups excluding carboxylic acids is 3. The molecule has 0 bridgehead atoms. The third kappa shape index (κ3) is 2.59. The number of hydrogen-bond acceptors (Lipinski definition) is 4. The van der Waals surface area contributed by atoms with Gasteiger partial charge < -0.3 is 9.64 Å². The average Bonchev–Trinajstić information content (AvgIpc) is 2.65. The van der Waals surface area contributed by atoms with Gasteiger partial charge in [0.05, 0.1) is 7.11 Å². The molecule has 1 amide bonds. The molecule has 5 nitrogen and oxygen atoms in total. The molecule has 1 aromatic carbocycles. The number of nitrogens with zero attached hydrogens (tertiary/aromatic N) is 1. The number of methoxy groups -OCH3 is 1. The second-order valence-corrected chi connectivity index (χ2v) is 5.63. The highest BCUT2D eigenvalue weighted by atomic mass is 16.5. The fourth-order valence-electron chi connectivity index (χ4n) is 3.11. The number of ether oxygens (including phenoxy) is 1. The van der Waals surface area contributed by atoms with Crippen LogP contribution in [0.25, 0.3) is 5.57 Å². The second-order valence-electron chi connectivity index (χ2n) is 5.63. The molecule has 0 N–H and O–H groups in total. The third-order valence-corrected chi connectivity index (χ3v) is 4.31. The van der Waals surface area contributed by atoms with Crippen molar-refractivity contribution in [3.63, 3.8) is 0 Å². The first kappa shape index (κ1) is 15.2. The van der Waals surface area contributed by atoms with E-state index in [2.05, 4.69) is 0 Å². The van der Waals surface area contributed by atoms with Crippen molar-refractivity contribution in [3.8, 4) is 0 Å². The van der Waals surface area contributed by atoms with Crippen LogP contribution in [0.3, 0.4) is 0 Å². The summed E-state index contributed by atoms with van der Waals surface area (Å²) in [4.78, 5) is 37.9. The molecule has 0 saturated carbocycles. The highest BCUT2D eigenvalue weighted by molar-refractivity contribution is 6.08. The van der Waals surface area contributed by atoms with E-state index in [0.717, 1.165) is 5.57 Å². The maximum absolute atomic E-state index is 12.7. The zero-order chi connectivity index (χ0) is 16.6. The smallest absolute Gasteiger partial charge is 0.331 e. The van der Waals surface area contributed by atoms with Crippen LogP contribution < -0.4 is 0 Å². The van der Waals surface area contributed by atoms with Crippen LogP contribution in [-0.2, 0) is 14.3 Å². The summed E-state index contributed by atoms with van der Waals surface area (Å²) >= 11 is 0. The van der Waals surface area contributed by atoms with E-state index in [0.29, 0.717) is 35.2 Å². The lowest BCUT2D eigenvalue weighted by Gasteiger charge is -2.25. The van der Waals surface area contributed by atoms with E-state index in [1.807, 2.05) is 12.1 Å². The molecule has 1 aliphatic heterocycles. The highest BCUT2D eigenvalue weighted by Gasteiger charge is 2.32. The number of amides is 1. The third-order valence-electron chi connectivity index (χ3n) is 4.31. The van der Waals surface area contributed by atoms with Gasteiger partial charge in [-0.05, 0) is 29.2 Å². The molecule has 0 fully saturated rings. The Bertz CT molecular complexity index is 773. The summed E-state index contributed by atoms with van der Waals surface area (Å²) in [6.45, 7) is 0. The van der Waals surface area contributed by atoms with Crippen molar-refractivity contribution in [1.82, 2.24) is 4.90 Å². The predicted molar refractivity (Wildman–Crippen MR) is 84.4 cm³/mol. The molecule has 0 aromatic heterocycles. The van der Waals surface area contributed by atoms with E-state index in [-0.39, 0.29) is 18.1 Å². The fraction of sp³-hybridized carbons (Fsp3) is 0.278. The topological polar surface area (TPSA) is 63.7 Å². The summed E-state index contributed by atoms with van der Waals surface area (Å²) in [7, 11) is 2.99. The normalized spacial score (nSPS) is 19.4. The van der Waals surface area contributed by atoms with Crippen LogP contribution >= 0.6 is 0 Å². The number of esters is 1. The molecule has 118 valence electrons. The summed E-state index contributed by atoms with van der Waals surface area (Å²) in [6.07, 6.45) is 2.56. The van der Waals surface area contributed by atoms with Gasteiger partial charge in [0.2, 0.25) is 0 Å². The summed E-state index contributed by atoms with van der Waals surface area (Å²) in [5, 5.41) is 0. The molecule has 2 aliphatic rings. The second kappa shape index (κ2) is 5.83. The number of allylic oxidation sites excluding steroid dienone is 3. The Labute approximate surface area is 134 Å². The van der Waals surface area contributed by atoms with Crippen molar-refractivity contribution in [2.24, 2.45) is 0 Å². The van der Waals surface area contributed by atoms with E-state index >= 15 is 0 Å². The van der Waals surface area contributed by atoms with Crippen LogP contribution in [0, 0.1) is 0 Å². The lowest BCUT2D eigenvalue weighted by atomic mass is 9.86. The maximum Gasteiger partial charge on any atom is 0.331 e. The van der Waals surface area contributed by atoms with Crippen molar-refractivity contribution in [1.29, 1.82) is 0 Å². The van der Waals surface area contributed by atoms with E-state index in [4.69, 9.17) is 4.74 Å². The maximum atomic E-state index is 12.7. The first-order chi connectivity index (χ1) is 11.0. The minimum Gasteiger partial charge on any atom is -0.466 e. The van der Waals surface area contributed by atoms with E-state index in [1.165, 1.54) is 18.1 Å². The largest absolute Gasteiger partial charge is 0.466 e. The lowest BCUT2D eigenvalue weighted by Crippen LogP contribution is -2.29. The molecule has 5 heteroatoms. The van der Waals surface area contributed by atoms with Gasteiger partial charge >= 0.3 is 5.97 Å². The molecule has 1 heterocycles. The van der Waals surface area contributed by atoms with Crippen LogP contribution in [0.15, 0.2) is 41.6 Å². The monoisotopic (exact) mass is 311 g/mol. The van der Waals surface area contributed by atoms with Crippen LogP contribution in [0.4, 0.5) is 0 Å². The molecule has 0 unspecified atom stereocenters. The van der Waals surface area contributed by atoms with Crippen LogP contribution in [0.1, 0.15) is 35.2 Å². The summed E-state index contributed by atoms with van der Waals surface area (Å²) < 4.78 is 4.76. The zero-order valence-electron chi connectivity index (χ0n) is 13.1. The summed E-state index contributed by atoms with van der Waals surface area (Å²) in [5.41, 5.74) is 3.45. The van der Waals surface area contributed by atoms with Crippen LogP contribution in [-0.4, -0.2) is 36.7 Å². The van der Waals surface area contributed by atoms with Gasteiger partial charge in [0.25, 0.3) is 5.91 Å². The van der Waals surface area contributed by atoms with E-state index in [1.54, 1.807) is 19.2 Å². The van der Waals surface area contributed by atoms with Crippen LogP contribution in [0.2, 0.25) is 0 Å². The fourth-order valence-corrected chi connectivity index (χ4v) is 3.11. The Morgan fingerprint density at radius 2 is 1.87 bits per heavy atom. The quantitative estimate of drug-likeness (QED) is 0.590. The van der Waals surface area contributed by atoms with Crippen molar-refractivity contribution in [2.45, 2.75) is 19.3 Å². The molecular formula is C18H17NO4. The molecule has 1 aromatic rings. The molecular weight excluding hydrogens is 294 g/mol. The number of hydrogen-bond donors (Lipinski definition) is 0. The predicted octanol–water partition coefficient (Wildman–Crippen LogP) is 2.34. The van der Waals surface area contributed by atoms with Crippen molar-refractivity contribution in [3.05, 3.63) is 52.7 Å². The molecule has 0 spiro atoms. The molecule has 23 heavy (non-hydrogen) atoms. The average molecular weight is 311 g/mol. The minimum atomic E-state index is -0.476. The van der Waals surface area contributed by atoms with Crippen molar-refractivity contribution < 1.29 is 19.1 Å². The Kier molecular flexibility index (Phi) is 3.86. The van der Waals surface area contributed by atoms with E-state index < -0.39 is 5.97 Å². The number of fused-ring (bicyclic) bond motifs is 1. The molecule has 0 saturated heterocycles. The van der Waals surface area contributed by atoms with Gasteiger partial charge in [0.1, 0.15) is 5.78 Å². The Morgan fingerprint density at radius 3 is 2.57 bits per heavy atom. The minimum absolute atomic E-state index is 0.103. The van der Waals surface area contributed by atoms with Gasteiger partial charge in [-0.15, -0.1) is 0 Å². The molecule has 3 rings (SSSR count). The first-order valence-electron chi connectivity index (χ1n) is 7.44. The van der Waals surface area contributed by atoms with Gasteiger partial charge in [-0.3, -0.25) is 9.59 Å². The van der Waals surface area contributed by atoms with Gasteiger partial charge in [-0.1, -0.05) is 18.2 Å². The highest BCUT2D eigenvalue weighted by Crippen LogP contribution is 2.39. The number of ketones is 1. The Morgan fingerprint density at radius 1 is 1.17 bits per heavy atom. The van der Waals surface area contributed by atoms with Gasteiger partial charge in [-0.25, -0.2) is 4.79 Å². The van der Waals surface area contributed by atoms with E-state index in [9.17, 15) is 14.4 Å². The standard InChI is InChI=1S/C18H17NO4/c1-19-16-9-11(20)7-8-13(16)15(10-17(21)23-2)12-5-3-4-6-14(12)18(19)22/h3-6,10H,7-9H2,1-2H3. The summed E-state index contributed by atoms with van der Waals surface area (Å²) in [6, 6.07) is 7.17. The Hall–Kier alpha value is -2.69. The van der Waals surface area contributed by atoms with Crippen LogP contribution in [0.5, 0.6) is 0 Å². The van der Waals surface area contributed by atoms with Gasteiger partial charge in [-0.2, -0.15) is 0 Å². The zero-order valence-corrected chi connectivity index (χ0v) is 13.1. The molecule has 0 radical (unpaired) electrons. The Balaban J connectivity index is 2.29. The number of rotatable bonds is 1. The molecule has 1 aliphatic carbocycles. The SMILES string of the molecule is COC(=O)C=C1C2=C(CC(=O)CC2)N(C)C(=O)c2ccccc21. The number of benzene rings is 1. The van der Waals surface area contributed by atoms with Gasteiger partial charge in [0.15, 0.2) is 0 Å². The van der Waals surface area contributed by atoms with Crippen molar-refractivity contribution in [2.75, 3.05) is 14.2 Å². The van der Waals surface area contributed by atoms with Gasteiger partial charge in [0, 0.05) is 37.2 Å².